The quantitative estimate of drug-likeness (QED) is 0.371. The van der Waals surface area contributed by atoms with Crippen molar-refractivity contribution in [2.24, 2.45) is 0 Å². The summed E-state index contributed by atoms with van der Waals surface area (Å²) in [6, 6.07) is 16.8. The Labute approximate surface area is 200 Å². The first-order chi connectivity index (χ1) is 16.7. The molecule has 0 saturated carbocycles. The number of sulfonamides is 1. The van der Waals surface area contributed by atoms with Crippen molar-refractivity contribution >= 4 is 21.6 Å². The number of aromatic nitrogens is 1. The highest BCUT2D eigenvalue weighted by Gasteiger charge is 2.20. The Hall–Kier alpha value is -4.05. The molecule has 0 saturated heterocycles. The largest absolute Gasteiger partial charge is 0.441 e. The smallest absolute Gasteiger partial charge is 0.262 e. The van der Waals surface area contributed by atoms with Gasteiger partial charge < -0.3 is 9.73 Å². The number of para-hydroxylation sites is 1. The molecular weight excluding hydrogens is 476 g/mol. The lowest BCUT2D eigenvalue weighted by Crippen LogP contribution is -2.25. The molecule has 2 N–H and O–H groups in total. The average molecular weight is 498 g/mol. The lowest BCUT2D eigenvalue weighted by Gasteiger charge is -2.11. The summed E-state index contributed by atoms with van der Waals surface area (Å²) in [5.41, 5.74) is 1.71. The van der Waals surface area contributed by atoms with Gasteiger partial charge in [-0.1, -0.05) is 30.3 Å². The number of carbonyl (C=O) groups excluding carboxylic acids is 1. The number of anilines is 1. The van der Waals surface area contributed by atoms with Gasteiger partial charge in [0.15, 0.2) is 0 Å². The molecule has 0 aliphatic heterocycles. The monoisotopic (exact) mass is 497 g/mol. The molecule has 4 aromatic rings. The second-order valence-electron chi connectivity index (χ2n) is 7.71. The highest BCUT2D eigenvalue weighted by atomic mass is 32.2. The zero-order valence-corrected chi connectivity index (χ0v) is 19.4. The molecule has 7 nitrogen and oxygen atoms in total. The maximum atomic E-state index is 13.5. The number of amides is 1. The minimum Gasteiger partial charge on any atom is -0.441 e. The van der Waals surface area contributed by atoms with Crippen LogP contribution in [0.15, 0.2) is 82.1 Å². The van der Waals surface area contributed by atoms with Crippen LogP contribution in [-0.2, 0) is 27.8 Å². The number of rotatable bonds is 8. The second kappa shape index (κ2) is 10.1. The normalized spacial score (nSPS) is 11.3. The Balaban J connectivity index is 1.50. The molecule has 0 radical (unpaired) electrons. The van der Waals surface area contributed by atoms with Crippen molar-refractivity contribution in [1.82, 2.24) is 10.3 Å². The Bertz CT molecular complexity index is 1470. The number of halogens is 2. The van der Waals surface area contributed by atoms with Gasteiger partial charge in [0.05, 0.1) is 29.1 Å². The fourth-order valence-corrected chi connectivity index (χ4v) is 4.45. The molecule has 3 aromatic carbocycles. The van der Waals surface area contributed by atoms with Crippen LogP contribution in [0.4, 0.5) is 14.5 Å². The number of aryl methyl sites for hydroxylation is 1. The van der Waals surface area contributed by atoms with E-state index in [4.69, 9.17) is 4.42 Å². The highest BCUT2D eigenvalue weighted by molar-refractivity contribution is 7.92. The summed E-state index contributed by atoms with van der Waals surface area (Å²) in [5, 5.41) is 2.75. The van der Waals surface area contributed by atoms with Crippen LogP contribution in [0, 0.1) is 18.6 Å². The molecule has 0 aliphatic carbocycles. The summed E-state index contributed by atoms with van der Waals surface area (Å²) in [5.74, 6) is -0.717. The lowest BCUT2D eigenvalue weighted by atomic mass is 10.1. The van der Waals surface area contributed by atoms with Crippen LogP contribution in [0.25, 0.3) is 11.5 Å². The summed E-state index contributed by atoms with van der Waals surface area (Å²) in [7, 11) is -4.06. The Morgan fingerprint density at radius 1 is 0.971 bits per heavy atom. The summed E-state index contributed by atoms with van der Waals surface area (Å²) in [6.07, 6.45) is 0.0781. The predicted molar refractivity (Wildman–Crippen MR) is 126 cm³/mol. The van der Waals surface area contributed by atoms with E-state index in [2.05, 4.69) is 15.0 Å². The number of hydrogen-bond donors (Lipinski definition) is 2. The van der Waals surface area contributed by atoms with Gasteiger partial charge in [0.1, 0.15) is 23.1 Å². The molecule has 0 aliphatic rings. The summed E-state index contributed by atoms with van der Waals surface area (Å²) < 4.78 is 60.3. The molecule has 35 heavy (non-hydrogen) atoms. The van der Waals surface area contributed by atoms with Crippen LogP contribution in [0.1, 0.15) is 17.0 Å². The Morgan fingerprint density at radius 3 is 2.46 bits per heavy atom. The Morgan fingerprint density at radius 2 is 1.71 bits per heavy atom. The number of nitrogens with zero attached hydrogens (tertiary/aromatic N) is 1. The molecule has 0 unspecified atom stereocenters. The third kappa shape index (κ3) is 5.90. The summed E-state index contributed by atoms with van der Waals surface area (Å²) in [6.45, 7) is 1.77. The standard InChI is InChI=1S/C25H21F2N3O4S/c1-16-23(15-28-24(31)13-17-9-11-18(26)12-10-17)29-25(34-16)21-7-2-3-8-22(21)30-35(32,33)20-6-4-5-19(27)14-20/h2-12,14,30H,13,15H2,1H3,(H,28,31). The van der Waals surface area contributed by atoms with Crippen molar-refractivity contribution in [2.75, 3.05) is 4.72 Å². The molecule has 0 fully saturated rings. The molecule has 10 heteroatoms. The van der Waals surface area contributed by atoms with Gasteiger partial charge in [0.2, 0.25) is 11.8 Å². The van der Waals surface area contributed by atoms with Crippen molar-refractivity contribution < 1.29 is 26.4 Å². The van der Waals surface area contributed by atoms with E-state index in [0.29, 0.717) is 22.6 Å². The maximum absolute atomic E-state index is 13.5. The van der Waals surface area contributed by atoms with Gasteiger partial charge in [-0.15, -0.1) is 0 Å². The molecule has 0 spiro atoms. The van der Waals surface area contributed by atoms with Crippen LogP contribution in [-0.4, -0.2) is 19.3 Å². The second-order valence-corrected chi connectivity index (χ2v) is 9.39. The van der Waals surface area contributed by atoms with E-state index in [1.54, 1.807) is 25.1 Å². The van der Waals surface area contributed by atoms with E-state index in [-0.39, 0.29) is 41.2 Å². The highest BCUT2D eigenvalue weighted by Crippen LogP contribution is 2.30. The van der Waals surface area contributed by atoms with Crippen molar-refractivity contribution in [1.29, 1.82) is 0 Å². The average Bonchev–Trinajstić information content (AvgIpc) is 3.19. The SMILES string of the molecule is Cc1oc(-c2ccccc2NS(=O)(=O)c2cccc(F)c2)nc1CNC(=O)Cc1ccc(F)cc1. The third-order valence-electron chi connectivity index (χ3n) is 5.13. The number of carbonyl (C=O) groups is 1. The van der Waals surface area contributed by atoms with Gasteiger partial charge in [-0.25, -0.2) is 22.2 Å². The van der Waals surface area contributed by atoms with E-state index in [1.807, 2.05) is 0 Å². The van der Waals surface area contributed by atoms with Crippen LogP contribution < -0.4 is 10.0 Å². The molecular formula is C25H21F2N3O4S. The van der Waals surface area contributed by atoms with Gasteiger partial charge in [-0.3, -0.25) is 9.52 Å². The molecule has 1 heterocycles. The van der Waals surface area contributed by atoms with Gasteiger partial charge in [0.25, 0.3) is 10.0 Å². The van der Waals surface area contributed by atoms with Crippen molar-refractivity contribution in [3.63, 3.8) is 0 Å². The lowest BCUT2D eigenvalue weighted by molar-refractivity contribution is -0.120. The molecule has 1 aromatic heterocycles. The molecule has 0 bridgehead atoms. The summed E-state index contributed by atoms with van der Waals surface area (Å²) in [4.78, 5) is 16.5. The van der Waals surface area contributed by atoms with Gasteiger partial charge in [0, 0.05) is 0 Å². The van der Waals surface area contributed by atoms with Gasteiger partial charge in [-0.05, 0) is 55.0 Å². The van der Waals surface area contributed by atoms with Crippen LogP contribution in [0.3, 0.4) is 0 Å². The fourth-order valence-electron chi connectivity index (χ4n) is 3.34. The van der Waals surface area contributed by atoms with Gasteiger partial charge >= 0.3 is 0 Å². The Kier molecular flexibility index (Phi) is 6.92. The molecule has 1 amide bonds. The molecule has 180 valence electrons. The van der Waals surface area contributed by atoms with E-state index >= 15 is 0 Å². The first-order valence-corrected chi connectivity index (χ1v) is 12.0. The number of hydrogen-bond acceptors (Lipinski definition) is 5. The van der Waals surface area contributed by atoms with Crippen LogP contribution in [0.5, 0.6) is 0 Å². The number of benzene rings is 3. The molecule has 0 atom stereocenters. The van der Waals surface area contributed by atoms with E-state index in [9.17, 15) is 22.0 Å². The van der Waals surface area contributed by atoms with Gasteiger partial charge in [-0.2, -0.15) is 0 Å². The third-order valence-corrected chi connectivity index (χ3v) is 6.49. The van der Waals surface area contributed by atoms with E-state index in [0.717, 1.165) is 12.1 Å². The minimum atomic E-state index is -4.06. The van der Waals surface area contributed by atoms with Crippen molar-refractivity contribution in [3.8, 4) is 11.5 Å². The molecule has 4 rings (SSSR count). The van der Waals surface area contributed by atoms with E-state index in [1.165, 1.54) is 42.5 Å². The van der Waals surface area contributed by atoms with E-state index < -0.39 is 15.8 Å². The van der Waals surface area contributed by atoms with Crippen LogP contribution >= 0.6 is 0 Å². The van der Waals surface area contributed by atoms with Crippen molar-refractivity contribution in [2.45, 2.75) is 24.8 Å². The predicted octanol–water partition coefficient (Wildman–Crippen LogP) is 4.59. The topological polar surface area (TPSA) is 101 Å². The number of nitrogens with one attached hydrogen (secondary N) is 2. The summed E-state index contributed by atoms with van der Waals surface area (Å²) >= 11 is 0. The fraction of sp³-hybridized carbons (Fsp3) is 0.120. The van der Waals surface area contributed by atoms with Crippen LogP contribution in [0.2, 0.25) is 0 Å². The zero-order chi connectivity index (χ0) is 25.0. The maximum Gasteiger partial charge on any atom is 0.262 e. The van der Waals surface area contributed by atoms with Crippen molar-refractivity contribution in [3.05, 3.63) is 101 Å². The zero-order valence-electron chi connectivity index (χ0n) is 18.6. The first kappa shape index (κ1) is 24.1. The number of oxazole rings is 1. The minimum absolute atomic E-state index is 0.0781. The first-order valence-electron chi connectivity index (χ1n) is 10.6.